The minimum absolute atomic E-state index is 0.187. The molecule has 0 saturated carbocycles. The first-order valence-electron chi connectivity index (χ1n) is 5.94. The molecule has 96 valence electrons. The molecule has 19 heavy (non-hydrogen) atoms. The van der Waals surface area contributed by atoms with Crippen LogP contribution in [0.3, 0.4) is 0 Å². The molecule has 0 saturated heterocycles. The number of carbonyl (C=O) groups is 1. The van der Waals surface area contributed by atoms with Gasteiger partial charge in [-0.25, -0.2) is 0 Å². The Labute approximate surface area is 110 Å². The van der Waals surface area contributed by atoms with Gasteiger partial charge in [0.25, 0.3) is 5.91 Å². The molecule has 2 heterocycles. The number of rotatable bonds is 2. The second kappa shape index (κ2) is 4.70. The summed E-state index contributed by atoms with van der Waals surface area (Å²) in [6.45, 7) is 1.18. The molecule has 0 unspecified atom stereocenters. The van der Waals surface area contributed by atoms with Gasteiger partial charge in [-0.2, -0.15) is 0 Å². The Morgan fingerprint density at radius 2 is 2.11 bits per heavy atom. The molecule has 3 rings (SSSR count). The fourth-order valence-corrected chi connectivity index (χ4v) is 2.03. The number of ether oxygens (including phenoxy) is 1. The number of aromatic nitrogens is 1. The number of anilines is 2. The molecule has 1 aromatic heterocycles. The molecule has 0 bridgehead atoms. The summed E-state index contributed by atoms with van der Waals surface area (Å²) < 4.78 is 5.33. The van der Waals surface area contributed by atoms with Gasteiger partial charge in [0, 0.05) is 11.8 Å². The van der Waals surface area contributed by atoms with Gasteiger partial charge in [0.1, 0.15) is 0 Å². The molecule has 2 aromatic rings. The summed E-state index contributed by atoms with van der Waals surface area (Å²) in [5, 5.41) is 2.77. The summed E-state index contributed by atoms with van der Waals surface area (Å²) in [6.07, 6.45) is 3.09. The maximum atomic E-state index is 12.1. The van der Waals surface area contributed by atoms with E-state index in [0.717, 1.165) is 11.1 Å². The fraction of sp³-hybridized carbons (Fsp3) is 0.143. The van der Waals surface area contributed by atoms with Gasteiger partial charge in [0.05, 0.1) is 30.8 Å². The average molecular weight is 255 g/mol. The van der Waals surface area contributed by atoms with Crippen LogP contribution in [0.15, 0.2) is 36.7 Å². The van der Waals surface area contributed by atoms with Crippen molar-refractivity contribution < 1.29 is 9.53 Å². The number of nitrogens with two attached hydrogens (primary N) is 1. The van der Waals surface area contributed by atoms with E-state index in [1.807, 2.05) is 12.1 Å². The maximum absolute atomic E-state index is 12.1. The van der Waals surface area contributed by atoms with Crippen molar-refractivity contribution in [1.82, 2.24) is 4.98 Å². The molecule has 5 heteroatoms. The zero-order chi connectivity index (χ0) is 13.2. The van der Waals surface area contributed by atoms with Gasteiger partial charge in [-0.15, -0.1) is 0 Å². The SMILES string of the molecule is Nc1cnccc1NC(=O)c1ccc2c(c1)COC2. The molecule has 1 aliphatic heterocycles. The molecule has 0 aliphatic carbocycles. The fourth-order valence-electron chi connectivity index (χ4n) is 2.03. The van der Waals surface area contributed by atoms with Crippen LogP contribution < -0.4 is 11.1 Å². The van der Waals surface area contributed by atoms with Crippen molar-refractivity contribution in [2.24, 2.45) is 0 Å². The summed E-state index contributed by atoms with van der Waals surface area (Å²) in [6, 6.07) is 7.24. The molecule has 3 N–H and O–H groups in total. The lowest BCUT2D eigenvalue weighted by Gasteiger charge is -2.08. The van der Waals surface area contributed by atoms with E-state index in [1.54, 1.807) is 18.3 Å². The number of carbonyl (C=O) groups excluding carboxylic acids is 1. The predicted molar refractivity (Wildman–Crippen MR) is 71.5 cm³/mol. The second-order valence-electron chi connectivity index (χ2n) is 4.39. The topological polar surface area (TPSA) is 77.2 Å². The molecule has 1 aliphatic rings. The van der Waals surface area contributed by atoms with Crippen molar-refractivity contribution in [3.63, 3.8) is 0 Å². The Morgan fingerprint density at radius 3 is 2.95 bits per heavy atom. The van der Waals surface area contributed by atoms with Crippen molar-refractivity contribution in [1.29, 1.82) is 0 Å². The van der Waals surface area contributed by atoms with Crippen molar-refractivity contribution >= 4 is 17.3 Å². The number of nitrogens with zero attached hydrogens (tertiary/aromatic N) is 1. The van der Waals surface area contributed by atoms with Crippen molar-refractivity contribution in [3.8, 4) is 0 Å². The Hall–Kier alpha value is -2.40. The van der Waals surface area contributed by atoms with Gasteiger partial charge in [-0.05, 0) is 29.3 Å². The van der Waals surface area contributed by atoms with E-state index < -0.39 is 0 Å². The Balaban J connectivity index is 1.83. The van der Waals surface area contributed by atoms with Crippen LogP contribution in [0.5, 0.6) is 0 Å². The van der Waals surface area contributed by atoms with Crippen molar-refractivity contribution in [2.75, 3.05) is 11.1 Å². The molecule has 0 radical (unpaired) electrons. The lowest BCUT2D eigenvalue weighted by atomic mass is 10.1. The Bertz CT molecular complexity index is 640. The highest BCUT2D eigenvalue weighted by atomic mass is 16.5. The minimum Gasteiger partial charge on any atom is -0.396 e. The van der Waals surface area contributed by atoms with Crippen molar-refractivity contribution in [2.45, 2.75) is 13.2 Å². The van der Waals surface area contributed by atoms with E-state index in [-0.39, 0.29) is 5.91 Å². The van der Waals surface area contributed by atoms with Crippen molar-refractivity contribution in [3.05, 3.63) is 53.3 Å². The zero-order valence-corrected chi connectivity index (χ0v) is 10.2. The smallest absolute Gasteiger partial charge is 0.255 e. The van der Waals surface area contributed by atoms with Crippen LogP contribution in [-0.2, 0) is 18.0 Å². The number of amides is 1. The lowest BCUT2D eigenvalue weighted by molar-refractivity contribution is 0.102. The molecular formula is C14H13N3O2. The third-order valence-corrected chi connectivity index (χ3v) is 3.08. The van der Waals surface area contributed by atoms with E-state index in [1.165, 1.54) is 6.20 Å². The summed E-state index contributed by atoms with van der Waals surface area (Å²) >= 11 is 0. The lowest BCUT2D eigenvalue weighted by Crippen LogP contribution is -2.13. The van der Waals surface area contributed by atoms with E-state index in [9.17, 15) is 4.79 Å². The number of benzene rings is 1. The zero-order valence-electron chi connectivity index (χ0n) is 10.2. The molecular weight excluding hydrogens is 242 g/mol. The third kappa shape index (κ3) is 2.28. The molecule has 1 amide bonds. The molecule has 0 spiro atoms. The number of nitrogens with one attached hydrogen (secondary N) is 1. The van der Waals surface area contributed by atoms with Crippen LogP contribution >= 0.6 is 0 Å². The Kier molecular flexibility index (Phi) is 2.89. The minimum atomic E-state index is -0.187. The van der Waals surface area contributed by atoms with E-state index in [2.05, 4.69) is 10.3 Å². The highest BCUT2D eigenvalue weighted by Crippen LogP contribution is 2.22. The molecule has 0 fully saturated rings. The van der Waals surface area contributed by atoms with Gasteiger partial charge in [0.15, 0.2) is 0 Å². The maximum Gasteiger partial charge on any atom is 0.255 e. The van der Waals surface area contributed by atoms with Crippen LogP contribution in [0, 0.1) is 0 Å². The summed E-state index contributed by atoms with van der Waals surface area (Å²) in [5.74, 6) is -0.187. The van der Waals surface area contributed by atoms with Crippen LogP contribution in [0.25, 0.3) is 0 Å². The largest absolute Gasteiger partial charge is 0.396 e. The summed E-state index contributed by atoms with van der Waals surface area (Å²) in [7, 11) is 0. The first-order valence-corrected chi connectivity index (χ1v) is 5.94. The predicted octanol–water partition coefficient (Wildman–Crippen LogP) is 1.95. The highest BCUT2D eigenvalue weighted by molar-refractivity contribution is 6.05. The van der Waals surface area contributed by atoms with Gasteiger partial charge in [-0.3, -0.25) is 9.78 Å². The van der Waals surface area contributed by atoms with E-state index >= 15 is 0 Å². The van der Waals surface area contributed by atoms with Gasteiger partial charge in [0.2, 0.25) is 0 Å². The standard InChI is InChI=1S/C14H13N3O2/c15-12-6-16-4-3-13(12)17-14(18)9-1-2-10-7-19-8-11(10)5-9/h1-6H,7-8,15H2,(H,16,17,18). The third-order valence-electron chi connectivity index (χ3n) is 3.08. The number of pyridine rings is 1. The molecule has 1 aromatic carbocycles. The van der Waals surface area contributed by atoms with Gasteiger partial charge < -0.3 is 15.8 Å². The Morgan fingerprint density at radius 1 is 1.26 bits per heavy atom. The second-order valence-corrected chi connectivity index (χ2v) is 4.39. The summed E-state index contributed by atoms with van der Waals surface area (Å²) in [4.78, 5) is 16.0. The first-order chi connectivity index (χ1) is 9.24. The first kappa shape index (κ1) is 11.7. The normalized spacial score (nSPS) is 13.1. The van der Waals surface area contributed by atoms with E-state index in [4.69, 9.17) is 10.5 Å². The number of hydrogen-bond donors (Lipinski definition) is 2. The van der Waals surface area contributed by atoms with Crippen LogP contribution in [0.4, 0.5) is 11.4 Å². The number of hydrogen-bond acceptors (Lipinski definition) is 4. The van der Waals surface area contributed by atoms with Crippen LogP contribution in [0.1, 0.15) is 21.5 Å². The highest BCUT2D eigenvalue weighted by Gasteiger charge is 2.14. The van der Waals surface area contributed by atoms with Gasteiger partial charge in [-0.1, -0.05) is 6.07 Å². The molecule has 0 atom stereocenters. The molecule has 5 nitrogen and oxygen atoms in total. The average Bonchev–Trinajstić information content (AvgIpc) is 2.88. The quantitative estimate of drug-likeness (QED) is 0.859. The summed E-state index contributed by atoms with van der Waals surface area (Å²) in [5.41, 5.74) is 9.55. The number of nitrogen functional groups attached to an aromatic ring is 1. The van der Waals surface area contributed by atoms with Crippen LogP contribution in [-0.4, -0.2) is 10.9 Å². The van der Waals surface area contributed by atoms with E-state index in [0.29, 0.717) is 30.2 Å². The number of fused-ring (bicyclic) bond motifs is 1. The van der Waals surface area contributed by atoms with Gasteiger partial charge >= 0.3 is 0 Å². The van der Waals surface area contributed by atoms with Crippen LogP contribution in [0.2, 0.25) is 0 Å². The monoisotopic (exact) mass is 255 g/mol.